The Morgan fingerprint density at radius 1 is 1.37 bits per heavy atom. The van der Waals surface area contributed by atoms with Crippen LogP contribution in [0, 0.1) is 11.8 Å². The van der Waals surface area contributed by atoms with Crippen LogP contribution in [0.4, 0.5) is 0 Å². The zero-order chi connectivity index (χ0) is 13.7. The smallest absolute Gasteiger partial charge is 0.0462 e. The van der Waals surface area contributed by atoms with E-state index in [-0.39, 0.29) is 0 Å². The van der Waals surface area contributed by atoms with Crippen LogP contribution in [0.25, 0.3) is 0 Å². The molecule has 0 aliphatic heterocycles. The fraction of sp³-hybridized carbons (Fsp3) is 0.625. The van der Waals surface area contributed by atoms with Gasteiger partial charge in [0.1, 0.15) is 0 Å². The summed E-state index contributed by atoms with van der Waals surface area (Å²) in [5.41, 5.74) is 1.34. The lowest BCUT2D eigenvalue weighted by Crippen LogP contribution is -2.29. The monoisotopic (exact) mass is 325 g/mol. The maximum absolute atomic E-state index is 9.38. The average Bonchev–Trinajstić information content (AvgIpc) is 2.87. The van der Waals surface area contributed by atoms with E-state index in [9.17, 15) is 5.11 Å². The molecule has 2 N–H and O–H groups in total. The molecule has 0 spiro atoms. The summed E-state index contributed by atoms with van der Waals surface area (Å²) in [6, 6.07) is 8.95. The molecule has 19 heavy (non-hydrogen) atoms. The van der Waals surface area contributed by atoms with E-state index in [1.54, 1.807) is 0 Å². The SMILES string of the molecule is CCC(NCC1CCCC1CO)c1cccc(Br)c1. The van der Waals surface area contributed by atoms with Crippen LogP contribution < -0.4 is 5.32 Å². The van der Waals surface area contributed by atoms with E-state index in [4.69, 9.17) is 0 Å². The van der Waals surface area contributed by atoms with Crippen molar-refractivity contribution in [3.05, 3.63) is 34.3 Å². The van der Waals surface area contributed by atoms with Gasteiger partial charge in [-0.25, -0.2) is 0 Å². The van der Waals surface area contributed by atoms with Gasteiger partial charge < -0.3 is 10.4 Å². The first-order chi connectivity index (χ1) is 9.24. The molecule has 2 nitrogen and oxygen atoms in total. The molecule has 0 saturated heterocycles. The van der Waals surface area contributed by atoms with Crippen molar-refractivity contribution in [1.29, 1.82) is 0 Å². The van der Waals surface area contributed by atoms with Crippen molar-refractivity contribution < 1.29 is 5.11 Å². The summed E-state index contributed by atoms with van der Waals surface area (Å²) in [5, 5.41) is 13.1. The summed E-state index contributed by atoms with van der Waals surface area (Å²) >= 11 is 3.54. The Morgan fingerprint density at radius 2 is 2.16 bits per heavy atom. The van der Waals surface area contributed by atoms with Crippen LogP contribution in [-0.2, 0) is 0 Å². The third-order valence-corrected chi connectivity index (χ3v) is 4.83. The van der Waals surface area contributed by atoms with Crippen molar-refractivity contribution in [1.82, 2.24) is 5.32 Å². The number of hydrogen-bond donors (Lipinski definition) is 2. The van der Waals surface area contributed by atoms with Gasteiger partial charge in [0.25, 0.3) is 0 Å². The number of halogens is 1. The molecule has 0 aromatic heterocycles. The van der Waals surface area contributed by atoms with Gasteiger partial charge in [0.2, 0.25) is 0 Å². The van der Waals surface area contributed by atoms with E-state index in [1.807, 2.05) is 0 Å². The molecule has 106 valence electrons. The van der Waals surface area contributed by atoms with E-state index in [1.165, 1.54) is 24.8 Å². The first-order valence-electron chi connectivity index (χ1n) is 7.34. The Kier molecular flexibility index (Phi) is 5.86. The van der Waals surface area contributed by atoms with Crippen molar-refractivity contribution in [3.63, 3.8) is 0 Å². The highest BCUT2D eigenvalue weighted by molar-refractivity contribution is 9.10. The average molecular weight is 326 g/mol. The van der Waals surface area contributed by atoms with Crippen LogP contribution in [-0.4, -0.2) is 18.3 Å². The molecule has 3 heteroatoms. The lowest BCUT2D eigenvalue weighted by Gasteiger charge is -2.23. The number of nitrogens with one attached hydrogen (secondary N) is 1. The maximum Gasteiger partial charge on any atom is 0.0462 e. The van der Waals surface area contributed by atoms with Gasteiger partial charge in [0.15, 0.2) is 0 Å². The molecule has 0 bridgehead atoms. The van der Waals surface area contributed by atoms with Crippen LogP contribution in [0.2, 0.25) is 0 Å². The van der Waals surface area contributed by atoms with Gasteiger partial charge >= 0.3 is 0 Å². The highest BCUT2D eigenvalue weighted by atomic mass is 79.9. The fourth-order valence-electron chi connectivity index (χ4n) is 3.14. The highest BCUT2D eigenvalue weighted by Gasteiger charge is 2.26. The minimum absolute atomic E-state index is 0.347. The minimum atomic E-state index is 0.347. The van der Waals surface area contributed by atoms with E-state index >= 15 is 0 Å². The Balaban J connectivity index is 1.92. The van der Waals surface area contributed by atoms with E-state index in [0.29, 0.717) is 24.5 Å². The second kappa shape index (κ2) is 7.41. The van der Waals surface area contributed by atoms with E-state index in [0.717, 1.165) is 17.4 Å². The number of rotatable bonds is 6. The molecular formula is C16H24BrNO. The van der Waals surface area contributed by atoms with Gasteiger partial charge in [0, 0.05) is 17.1 Å². The zero-order valence-corrected chi connectivity index (χ0v) is 13.2. The van der Waals surface area contributed by atoms with E-state index < -0.39 is 0 Å². The third kappa shape index (κ3) is 4.04. The molecule has 2 rings (SSSR count). The molecule has 1 aliphatic rings. The molecular weight excluding hydrogens is 302 g/mol. The van der Waals surface area contributed by atoms with Gasteiger partial charge in [-0.15, -0.1) is 0 Å². The topological polar surface area (TPSA) is 32.3 Å². The Morgan fingerprint density at radius 3 is 2.84 bits per heavy atom. The standard InChI is InChI=1S/C16H24BrNO/c1-2-16(12-5-4-8-15(17)9-12)18-10-13-6-3-7-14(13)11-19/h4-5,8-9,13-14,16,18-19H,2-3,6-7,10-11H2,1H3. The summed E-state index contributed by atoms with van der Waals surface area (Å²) in [6.45, 7) is 3.59. The fourth-order valence-corrected chi connectivity index (χ4v) is 3.55. The Labute approximate surface area is 124 Å². The summed E-state index contributed by atoms with van der Waals surface area (Å²) < 4.78 is 1.14. The van der Waals surface area contributed by atoms with Gasteiger partial charge in [-0.2, -0.15) is 0 Å². The lowest BCUT2D eigenvalue weighted by atomic mass is 9.96. The quantitative estimate of drug-likeness (QED) is 0.831. The minimum Gasteiger partial charge on any atom is -0.396 e. The molecule has 1 saturated carbocycles. The van der Waals surface area contributed by atoms with Crippen molar-refractivity contribution in [3.8, 4) is 0 Å². The highest BCUT2D eigenvalue weighted by Crippen LogP contribution is 2.31. The number of aliphatic hydroxyl groups is 1. The second-order valence-corrected chi connectivity index (χ2v) is 6.47. The van der Waals surface area contributed by atoms with Gasteiger partial charge in [0.05, 0.1) is 0 Å². The predicted molar refractivity (Wildman–Crippen MR) is 83.1 cm³/mol. The van der Waals surface area contributed by atoms with Gasteiger partial charge in [-0.3, -0.25) is 0 Å². The van der Waals surface area contributed by atoms with Crippen molar-refractivity contribution in [2.75, 3.05) is 13.2 Å². The third-order valence-electron chi connectivity index (χ3n) is 4.34. The van der Waals surface area contributed by atoms with Crippen LogP contribution in [0.5, 0.6) is 0 Å². The van der Waals surface area contributed by atoms with Gasteiger partial charge in [-0.05, 0) is 55.3 Å². The largest absolute Gasteiger partial charge is 0.396 e. The summed E-state index contributed by atoms with van der Waals surface area (Å²) in [5.74, 6) is 1.15. The summed E-state index contributed by atoms with van der Waals surface area (Å²) in [6.07, 6.45) is 4.81. The number of hydrogen-bond acceptors (Lipinski definition) is 2. The molecule has 3 atom stereocenters. The Bertz CT molecular complexity index is 396. The van der Waals surface area contributed by atoms with Crippen molar-refractivity contribution in [2.45, 2.75) is 38.6 Å². The zero-order valence-electron chi connectivity index (χ0n) is 11.6. The molecule has 1 aromatic rings. The molecule has 3 unspecified atom stereocenters. The molecule has 1 aromatic carbocycles. The first-order valence-corrected chi connectivity index (χ1v) is 8.13. The normalized spacial score (nSPS) is 24.6. The predicted octanol–water partition coefficient (Wildman–Crippen LogP) is 3.90. The molecule has 0 radical (unpaired) electrons. The first kappa shape index (κ1) is 15.0. The van der Waals surface area contributed by atoms with Crippen LogP contribution >= 0.6 is 15.9 Å². The summed E-state index contributed by atoms with van der Waals surface area (Å²) in [4.78, 5) is 0. The van der Waals surface area contributed by atoms with E-state index in [2.05, 4.69) is 52.4 Å². The Hall–Kier alpha value is -0.380. The number of aliphatic hydroxyl groups excluding tert-OH is 1. The maximum atomic E-state index is 9.38. The number of benzene rings is 1. The van der Waals surface area contributed by atoms with Crippen LogP contribution in [0.1, 0.15) is 44.2 Å². The van der Waals surface area contributed by atoms with Crippen LogP contribution in [0.15, 0.2) is 28.7 Å². The molecule has 0 amide bonds. The van der Waals surface area contributed by atoms with Gasteiger partial charge in [-0.1, -0.05) is 41.4 Å². The molecule has 1 fully saturated rings. The lowest BCUT2D eigenvalue weighted by molar-refractivity contribution is 0.190. The van der Waals surface area contributed by atoms with Crippen molar-refractivity contribution >= 4 is 15.9 Å². The second-order valence-electron chi connectivity index (χ2n) is 5.56. The molecule has 0 heterocycles. The van der Waals surface area contributed by atoms with Crippen LogP contribution in [0.3, 0.4) is 0 Å². The molecule has 1 aliphatic carbocycles. The van der Waals surface area contributed by atoms with Crippen molar-refractivity contribution in [2.24, 2.45) is 11.8 Å². The summed E-state index contributed by atoms with van der Waals surface area (Å²) in [7, 11) is 0.